The summed E-state index contributed by atoms with van der Waals surface area (Å²) in [6.45, 7) is 0. The summed E-state index contributed by atoms with van der Waals surface area (Å²) in [5.74, 6) is -1.06. The number of H-pyrrole nitrogens is 1. The number of nitrogens with one attached hydrogen (secondary N) is 1. The number of pyridine rings is 1. The Kier molecular flexibility index (Phi) is 3.11. The lowest BCUT2D eigenvalue weighted by Gasteiger charge is -2.07. The number of aromatic nitrogens is 3. The first-order valence-electron chi connectivity index (χ1n) is 6.01. The van der Waals surface area contributed by atoms with Crippen molar-refractivity contribution in [1.29, 1.82) is 0 Å². The standard InChI is InChI=1S/C14H9N3O3S/c18-12-10-4-3-8(13(19)20)6-11(10)16-14(21)17(12)9-2-1-5-15-7-9/h1-7H,(H,16,21)(H,19,20). The molecule has 1 aromatic carbocycles. The van der Waals surface area contributed by atoms with Gasteiger partial charge in [-0.1, -0.05) is 0 Å². The number of nitrogens with zero attached hydrogens (tertiary/aromatic N) is 2. The number of carboxylic acid groups (broad SMARTS) is 1. The minimum Gasteiger partial charge on any atom is -0.478 e. The van der Waals surface area contributed by atoms with Gasteiger partial charge in [-0.25, -0.2) is 4.79 Å². The van der Waals surface area contributed by atoms with E-state index in [1.807, 2.05) is 0 Å². The van der Waals surface area contributed by atoms with E-state index in [0.29, 0.717) is 16.6 Å². The van der Waals surface area contributed by atoms with Gasteiger partial charge in [0.05, 0.1) is 28.4 Å². The van der Waals surface area contributed by atoms with E-state index in [1.54, 1.807) is 18.3 Å². The normalized spacial score (nSPS) is 10.7. The van der Waals surface area contributed by atoms with E-state index in [2.05, 4.69) is 9.97 Å². The number of rotatable bonds is 2. The number of aromatic amines is 1. The molecule has 0 unspecified atom stereocenters. The number of carbonyl (C=O) groups is 1. The third-order valence-electron chi connectivity index (χ3n) is 3.05. The predicted octanol–water partition coefficient (Wildman–Crippen LogP) is 2.14. The summed E-state index contributed by atoms with van der Waals surface area (Å²) in [7, 11) is 0. The third kappa shape index (κ3) is 2.23. The molecule has 2 aromatic heterocycles. The fourth-order valence-electron chi connectivity index (χ4n) is 2.07. The number of carboxylic acids is 1. The second-order valence-corrected chi connectivity index (χ2v) is 4.73. The van der Waals surface area contributed by atoms with Crippen LogP contribution < -0.4 is 5.56 Å². The zero-order valence-electron chi connectivity index (χ0n) is 10.6. The van der Waals surface area contributed by atoms with Crippen LogP contribution in [0.3, 0.4) is 0 Å². The van der Waals surface area contributed by atoms with Crippen molar-refractivity contribution in [3.8, 4) is 5.69 Å². The van der Waals surface area contributed by atoms with Gasteiger partial charge in [0.2, 0.25) is 0 Å². The van der Waals surface area contributed by atoms with Crippen molar-refractivity contribution in [3.63, 3.8) is 0 Å². The van der Waals surface area contributed by atoms with Crippen LogP contribution in [0.4, 0.5) is 0 Å². The lowest BCUT2D eigenvalue weighted by Crippen LogP contribution is -2.20. The highest BCUT2D eigenvalue weighted by molar-refractivity contribution is 7.71. The van der Waals surface area contributed by atoms with Crippen LogP contribution in [-0.2, 0) is 0 Å². The highest BCUT2D eigenvalue weighted by Crippen LogP contribution is 2.12. The molecular weight excluding hydrogens is 290 g/mol. The van der Waals surface area contributed by atoms with Crippen LogP contribution in [0.25, 0.3) is 16.6 Å². The minimum atomic E-state index is -1.06. The molecule has 2 heterocycles. The molecule has 6 nitrogen and oxygen atoms in total. The Bertz CT molecular complexity index is 961. The molecular formula is C14H9N3O3S. The highest BCUT2D eigenvalue weighted by atomic mass is 32.1. The maximum atomic E-state index is 12.5. The van der Waals surface area contributed by atoms with Crippen molar-refractivity contribution in [1.82, 2.24) is 14.5 Å². The van der Waals surface area contributed by atoms with Crippen LogP contribution in [0.15, 0.2) is 47.5 Å². The Morgan fingerprint density at radius 3 is 2.81 bits per heavy atom. The lowest BCUT2D eigenvalue weighted by atomic mass is 10.1. The molecule has 0 bridgehead atoms. The molecule has 2 N–H and O–H groups in total. The van der Waals surface area contributed by atoms with Crippen molar-refractivity contribution < 1.29 is 9.90 Å². The second kappa shape index (κ2) is 4.95. The summed E-state index contributed by atoms with van der Waals surface area (Å²) in [4.78, 5) is 30.3. The average Bonchev–Trinajstić information content (AvgIpc) is 2.47. The number of aromatic carboxylic acids is 1. The largest absolute Gasteiger partial charge is 0.478 e. The zero-order chi connectivity index (χ0) is 15.0. The molecule has 0 fully saturated rings. The van der Waals surface area contributed by atoms with Crippen LogP contribution in [0.2, 0.25) is 0 Å². The second-order valence-electron chi connectivity index (χ2n) is 4.35. The molecule has 104 valence electrons. The molecule has 3 rings (SSSR count). The van der Waals surface area contributed by atoms with Crippen LogP contribution in [0, 0.1) is 4.77 Å². The summed E-state index contributed by atoms with van der Waals surface area (Å²) < 4.78 is 1.51. The monoisotopic (exact) mass is 299 g/mol. The fraction of sp³-hybridized carbons (Fsp3) is 0. The van der Waals surface area contributed by atoms with Crippen LogP contribution >= 0.6 is 12.2 Å². The maximum Gasteiger partial charge on any atom is 0.335 e. The van der Waals surface area contributed by atoms with Crippen molar-refractivity contribution >= 4 is 29.1 Å². The Morgan fingerprint density at radius 1 is 1.33 bits per heavy atom. The van der Waals surface area contributed by atoms with E-state index >= 15 is 0 Å². The van der Waals surface area contributed by atoms with Gasteiger partial charge < -0.3 is 10.1 Å². The van der Waals surface area contributed by atoms with Gasteiger partial charge in [-0.05, 0) is 42.5 Å². The van der Waals surface area contributed by atoms with Gasteiger partial charge in [0.15, 0.2) is 4.77 Å². The Balaban J connectivity index is 2.36. The van der Waals surface area contributed by atoms with Gasteiger partial charge in [0.25, 0.3) is 5.56 Å². The third-order valence-corrected chi connectivity index (χ3v) is 3.33. The van der Waals surface area contributed by atoms with Gasteiger partial charge in [-0.15, -0.1) is 0 Å². The van der Waals surface area contributed by atoms with Gasteiger partial charge in [0, 0.05) is 6.20 Å². The van der Waals surface area contributed by atoms with Gasteiger partial charge in [-0.3, -0.25) is 14.3 Å². The highest BCUT2D eigenvalue weighted by Gasteiger charge is 2.10. The zero-order valence-corrected chi connectivity index (χ0v) is 11.4. The SMILES string of the molecule is O=C(O)c1ccc2c(=O)n(-c3cccnc3)c(=S)[nH]c2c1. The number of hydrogen-bond acceptors (Lipinski definition) is 4. The summed E-state index contributed by atoms with van der Waals surface area (Å²) in [5.41, 5.74) is 0.711. The van der Waals surface area contributed by atoms with Crippen LogP contribution in [-0.4, -0.2) is 25.6 Å². The smallest absolute Gasteiger partial charge is 0.335 e. The van der Waals surface area contributed by atoms with Crippen molar-refractivity contribution in [2.24, 2.45) is 0 Å². The summed E-state index contributed by atoms with van der Waals surface area (Å²) in [6, 6.07) is 7.67. The summed E-state index contributed by atoms with van der Waals surface area (Å²) in [6.07, 6.45) is 3.13. The minimum absolute atomic E-state index is 0.0895. The molecule has 3 aromatic rings. The Hall–Kier alpha value is -2.80. The number of fused-ring (bicyclic) bond motifs is 1. The van der Waals surface area contributed by atoms with Gasteiger partial charge in [0.1, 0.15) is 0 Å². The van der Waals surface area contributed by atoms with Crippen LogP contribution in [0.5, 0.6) is 0 Å². The van der Waals surface area contributed by atoms with Crippen LogP contribution in [0.1, 0.15) is 10.4 Å². The lowest BCUT2D eigenvalue weighted by molar-refractivity contribution is 0.0697. The average molecular weight is 299 g/mol. The predicted molar refractivity (Wildman–Crippen MR) is 79.5 cm³/mol. The topological polar surface area (TPSA) is 88.0 Å². The van der Waals surface area contributed by atoms with Crippen molar-refractivity contribution in [3.05, 3.63) is 63.4 Å². The van der Waals surface area contributed by atoms with E-state index in [-0.39, 0.29) is 15.9 Å². The van der Waals surface area contributed by atoms with E-state index < -0.39 is 5.97 Å². The van der Waals surface area contributed by atoms with Gasteiger partial charge in [-0.2, -0.15) is 0 Å². The number of benzene rings is 1. The molecule has 0 aliphatic rings. The molecule has 0 saturated carbocycles. The summed E-state index contributed by atoms with van der Waals surface area (Å²) >= 11 is 5.19. The first kappa shape index (κ1) is 13.2. The summed E-state index contributed by atoms with van der Waals surface area (Å²) in [5, 5.41) is 9.34. The maximum absolute atomic E-state index is 12.5. The van der Waals surface area contributed by atoms with Gasteiger partial charge >= 0.3 is 5.97 Å². The quantitative estimate of drug-likeness (QED) is 0.708. The molecule has 0 aliphatic heterocycles. The molecule has 0 radical (unpaired) electrons. The van der Waals surface area contributed by atoms with E-state index in [1.165, 1.54) is 29.0 Å². The first-order chi connectivity index (χ1) is 10.1. The molecule has 0 spiro atoms. The molecule has 0 aliphatic carbocycles. The van der Waals surface area contributed by atoms with Crippen molar-refractivity contribution in [2.45, 2.75) is 0 Å². The molecule has 21 heavy (non-hydrogen) atoms. The Labute approximate surface area is 123 Å². The first-order valence-corrected chi connectivity index (χ1v) is 6.41. The molecule has 0 amide bonds. The fourth-order valence-corrected chi connectivity index (χ4v) is 2.37. The molecule has 0 atom stereocenters. The Morgan fingerprint density at radius 2 is 2.14 bits per heavy atom. The number of hydrogen-bond donors (Lipinski definition) is 2. The van der Waals surface area contributed by atoms with E-state index in [4.69, 9.17) is 17.3 Å². The molecule has 0 saturated heterocycles. The van der Waals surface area contributed by atoms with E-state index in [0.717, 1.165) is 0 Å². The van der Waals surface area contributed by atoms with E-state index in [9.17, 15) is 9.59 Å². The molecule has 7 heteroatoms. The van der Waals surface area contributed by atoms with Crippen molar-refractivity contribution in [2.75, 3.05) is 0 Å².